The van der Waals surface area contributed by atoms with Gasteiger partial charge in [0, 0.05) is 34.9 Å². The minimum absolute atomic E-state index is 0. The summed E-state index contributed by atoms with van der Waals surface area (Å²) in [7, 11) is 1.68. The van der Waals surface area contributed by atoms with Crippen molar-refractivity contribution in [3.63, 3.8) is 0 Å². The zero-order valence-electron chi connectivity index (χ0n) is 16.2. The predicted octanol–water partition coefficient (Wildman–Crippen LogP) is 4.75. The number of benzene rings is 2. The molecule has 152 valence electrons. The van der Waals surface area contributed by atoms with Gasteiger partial charge >= 0.3 is 0 Å². The molecule has 0 bridgehead atoms. The van der Waals surface area contributed by atoms with Crippen LogP contribution in [-0.2, 0) is 10.2 Å². The number of ether oxygens (including phenoxy) is 2. The monoisotopic (exact) mass is 515 g/mol. The SMILES string of the molecule is COc1ccc(Cl)cc1C1(CN=C(N)Nc2cccc(C)c2)CCOCC1.I. The van der Waals surface area contributed by atoms with Gasteiger partial charge in [-0.2, -0.15) is 0 Å². The van der Waals surface area contributed by atoms with Crippen molar-refractivity contribution in [2.75, 3.05) is 32.2 Å². The average Bonchev–Trinajstić information content (AvgIpc) is 2.67. The summed E-state index contributed by atoms with van der Waals surface area (Å²) in [4.78, 5) is 4.66. The molecule has 0 aliphatic carbocycles. The molecule has 1 aliphatic rings. The zero-order valence-corrected chi connectivity index (χ0v) is 19.3. The lowest BCUT2D eigenvalue weighted by molar-refractivity contribution is 0.0523. The van der Waals surface area contributed by atoms with E-state index in [0.29, 0.717) is 30.7 Å². The van der Waals surface area contributed by atoms with Gasteiger partial charge in [-0.15, -0.1) is 24.0 Å². The summed E-state index contributed by atoms with van der Waals surface area (Å²) >= 11 is 6.28. The van der Waals surface area contributed by atoms with Crippen molar-refractivity contribution in [1.82, 2.24) is 0 Å². The number of methoxy groups -OCH3 is 1. The van der Waals surface area contributed by atoms with Gasteiger partial charge < -0.3 is 20.5 Å². The second-order valence-electron chi connectivity index (χ2n) is 6.93. The molecule has 3 rings (SSSR count). The van der Waals surface area contributed by atoms with Crippen molar-refractivity contribution in [2.24, 2.45) is 10.7 Å². The fourth-order valence-electron chi connectivity index (χ4n) is 3.52. The number of nitrogens with zero attached hydrogens (tertiary/aromatic N) is 1. The lowest BCUT2D eigenvalue weighted by Crippen LogP contribution is -2.38. The topological polar surface area (TPSA) is 68.9 Å². The van der Waals surface area contributed by atoms with Crippen LogP contribution in [0.1, 0.15) is 24.0 Å². The maximum Gasteiger partial charge on any atom is 0.193 e. The van der Waals surface area contributed by atoms with Gasteiger partial charge in [-0.1, -0.05) is 23.7 Å². The predicted molar refractivity (Wildman–Crippen MR) is 126 cm³/mol. The molecule has 0 amide bonds. The highest BCUT2D eigenvalue weighted by Gasteiger charge is 2.37. The molecule has 0 spiro atoms. The van der Waals surface area contributed by atoms with E-state index in [-0.39, 0.29) is 29.4 Å². The van der Waals surface area contributed by atoms with Crippen molar-refractivity contribution in [3.05, 3.63) is 58.6 Å². The summed E-state index contributed by atoms with van der Waals surface area (Å²) in [6, 6.07) is 13.8. The Bertz CT molecular complexity index is 823. The third kappa shape index (κ3) is 5.52. The number of nitrogens with two attached hydrogens (primary N) is 1. The number of aryl methyl sites for hydroxylation is 1. The molecule has 0 unspecified atom stereocenters. The number of rotatable bonds is 5. The molecule has 1 fully saturated rings. The maximum absolute atomic E-state index is 6.28. The Balaban J connectivity index is 0.00000280. The Morgan fingerprint density at radius 1 is 1.25 bits per heavy atom. The molecule has 5 nitrogen and oxygen atoms in total. The van der Waals surface area contributed by atoms with E-state index in [9.17, 15) is 0 Å². The minimum Gasteiger partial charge on any atom is -0.496 e. The molecule has 7 heteroatoms. The van der Waals surface area contributed by atoms with Crippen LogP contribution in [0.2, 0.25) is 5.02 Å². The van der Waals surface area contributed by atoms with Crippen molar-refractivity contribution >= 4 is 47.2 Å². The highest BCUT2D eigenvalue weighted by molar-refractivity contribution is 14.0. The zero-order chi connectivity index (χ0) is 19.3. The van der Waals surface area contributed by atoms with E-state index in [1.807, 2.05) is 49.4 Å². The quantitative estimate of drug-likeness (QED) is 0.343. The Morgan fingerprint density at radius 3 is 2.68 bits per heavy atom. The molecule has 0 radical (unpaired) electrons. The molecule has 1 heterocycles. The molecule has 0 aromatic heterocycles. The van der Waals surface area contributed by atoms with Gasteiger partial charge in [0.05, 0.1) is 13.7 Å². The molecule has 0 saturated carbocycles. The van der Waals surface area contributed by atoms with Gasteiger partial charge in [-0.25, -0.2) is 0 Å². The second kappa shape index (κ2) is 10.3. The van der Waals surface area contributed by atoms with E-state index in [1.165, 1.54) is 0 Å². The number of anilines is 1. The summed E-state index contributed by atoms with van der Waals surface area (Å²) in [5.41, 5.74) is 9.10. The molecule has 2 aromatic carbocycles. The number of aliphatic imine (C=N–C) groups is 1. The minimum atomic E-state index is -0.215. The molecule has 2 aromatic rings. The summed E-state index contributed by atoms with van der Waals surface area (Å²) < 4.78 is 11.2. The van der Waals surface area contributed by atoms with Crippen molar-refractivity contribution in [3.8, 4) is 5.75 Å². The largest absolute Gasteiger partial charge is 0.496 e. The van der Waals surface area contributed by atoms with Crippen LogP contribution in [0.4, 0.5) is 5.69 Å². The van der Waals surface area contributed by atoms with E-state index in [0.717, 1.165) is 35.4 Å². The Labute approximate surface area is 188 Å². The average molecular weight is 516 g/mol. The van der Waals surface area contributed by atoms with E-state index in [1.54, 1.807) is 7.11 Å². The Kier molecular flexibility index (Phi) is 8.39. The fraction of sp³-hybridized carbons (Fsp3) is 0.381. The van der Waals surface area contributed by atoms with Crippen molar-refractivity contribution < 1.29 is 9.47 Å². The Hall–Kier alpha value is -1.51. The second-order valence-corrected chi connectivity index (χ2v) is 7.37. The fourth-order valence-corrected chi connectivity index (χ4v) is 3.69. The van der Waals surface area contributed by atoms with Crippen LogP contribution in [0.15, 0.2) is 47.5 Å². The maximum atomic E-state index is 6.28. The van der Waals surface area contributed by atoms with Gasteiger partial charge in [-0.05, 0) is 55.7 Å². The van der Waals surface area contributed by atoms with E-state index < -0.39 is 0 Å². The highest BCUT2D eigenvalue weighted by Crippen LogP contribution is 2.41. The highest BCUT2D eigenvalue weighted by atomic mass is 127. The lowest BCUT2D eigenvalue weighted by Gasteiger charge is -2.37. The number of nitrogens with one attached hydrogen (secondary N) is 1. The van der Waals surface area contributed by atoms with Gasteiger partial charge in [0.1, 0.15) is 5.75 Å². The summed E-state index contributed by atoms with van der Waals surface area (Å²) in [6.07, 6.45) is 1.68. The normalized spacial score (nSPS) is 16.2. The lowest BCUT2D eigenvalue weighted by atomic mass is 9.73. The first-order valence-corrected chi connectivity index (χ1v) is 9.46. The summed E-state index contributed by atoms with van der Waals surface area (Å²) in [6.45, 7) is 3.94. The summed E-state index contributed by atoms with van der Waals surface area (Å²) in [5.74, 6) is 1.22. The number of guanidine groups is 1. The third-order valence-electron chi connectivity index (χ3n) is 5.03. The van der Waals surface area contributed by atoms with Gasteiger partial charge in [0.15, 0.2) is 5.96 Å². The number of hydrogen-bond donors (Lipinski definition) is 2. The molecule has 1 saturated heterocycles. The van der Waals surface area contributed by atoms with Crippen LogP contribution in [0.25, 0.3) is 0 Å². The molecule has 3 N–H and O–H groups in total. The molecular weight excluding hydrogens is 489 g/mol. The van der Waals surface area contributed by atoms with Crippen molar-refractivity contribution in [2.45, 2.75) is 25.2 Å². The first-order chi connectivity index (χ1) is 13.0. The standard InChI is InChI=1S/C21H26ClN3O2.HI/c1-15-4-3-5-17(12-15)25-20(23)24-14-21(8-10-27-11-9-21)18-13-16(22)6-7-19(18)26-2;/h3-7,12-13H,8-11,14H2,1-2H3,(H3,23,24,25);1H. The number of halogens is 2. The third-order valence-corrected chi connectivity index (χ3v) is 5.26. The Morgan fingerprint density at radius 2 is 2.00 bits per heavy atom. The van der Waals surface area contributed by atoms with Crippen LogP contribution in [0.5, 0.6) is 5.75 Å². The molecule has 1 aliphatic heterocycles. The van der Waals surface area contributed by atoms with Crippen LogP contribution in [0, 0.1) is 6.92 Å². The molecular formula is C21H27ClIN3O2. The number of hydrogen-bond acceptors (Lipinski definition) is 3. The van der Waals surface area contributed by atoms with Crippen LogP contribution < -0.4 is 15.8 Å². The van der Waals surface area contributed by atoms with Crippen LogP contribution >= 0.6 is 35.6 Å². The van der Waals surface area contributed by atoms with E-state index in [4.69, 9.17) is 26.8 Å². The van der Waals surface area contributed by atoms with Crippen molar-refractivity contribution in [1.29, 1.82) is 0 Å². The van der Waals surface area contributed by atoms with E-state index in [2.05, 4.69) is 10.3 Å². The van der Waals surface area contributed by atoms with Crippen LogP contribution in [0.3, 0.4) is 0 Å². The van der Waals surface area contributed by atoms with E-state index >= 15 is 0 Å². The smallest absolute Gasteiger partial charge is 0.193 e. The van der Waals surface area contributed by atoms with Crippen LogP contribution in [-0.4, -0.2) is 32.8 Å². The molecule has 28 heavy (non-hydrogen) atoms. The first-order valence-electron chi connectivity index (χ1n) is 9.08. The molecule has 0 atom stereocenters. The summed E-state index contributed by atoms with van der Waals surface area (Å²) in [5, 5.41) is 3.86. The first kappa shape index (κ1) is 22.8. The van der Waals surface area contributed by atoms with Gasteiger partial charge in [0.2, 0.25) is 0 Å². The van der Waals surface area contributed by atoms with Gasteiger partial charge in [-0.3, -0.25) is 4.99 Å². The van der Waals surface area contributed by atoms with Gasteiger partial charge in [0.25, 0.3) is 0 Å².